The van der Waals surface area contributed by atoms with E-state index in [1.807, 2.05) is 0 Å². The van der Waals surface area contributed by atoms with Crippen molar-refractivity contribution in [3.8, 4) is 0 Å². The molecule has 0 aliphatic heterocycles. The van der Waals surface area contributed by atoms with E-state index >= 15 is 0 Å². The second-order valence-corrected chi connectivity index (χ2v) is 5.54. The molecule has 7 heteroatoms. The van der Waals surface area contributed by atoms with Gasteiger partial charge in [0.05, 0.1) is 18.8 Å². The van der Waals surface area contributed by atoms with Gasteiger partial charge in [-0.25, -0.2) is 17.9 Å². The lowest BCUT2D eigenvalue weighted by molar-refractivity contribution is -0.145. The van der Waals surface area contributed by atoms with Crippen molar-refractivity contribution in [1.29, 1.82) is 0 Å². The fourth-order valence-electron chi connectivity index (χ4n) is 1.94. The smallest absolute Gasteiger partial charge is 0.308 e. The van der Waals surface area contributed by atoms with Gasteiger partial charge in [0.25, 0.3) is 0 Å². The van der Waals surface area contributed by atoms with Gasteiger partial charge in [-0.3, -0.25) is 4.79 Å². The predicted octanol–water partition coefficient (Wildman–Crippen LogP) is -0.0437. The zero-order valence-electron chi connectivity index (χ0n) is 8.40. The molecule has 1 aliphatic rings. The Morgan fingerprint density at radius 3 is 2.73 bits per heavy atom. The highest BCUT2D eigenvalue weighted by Gasteiger charge is 2.45. The summed E-state index contributed by atoms with van der Waals surface area (Å²) in [6, 6.07) is 0. The minimum Gasteiger partial charge on any atom is -0.469 e. The average molecular weight is 239 g/mol. The van der Waals surface area contributed by atoms with Crippen LogP contribution in [0.3, 0.4) is 0 Å². The van der Waals surface area contributed by atoms with Gasteiger partial charge in [0, 0.05) is 0 Å². The van der Waals surface area contributed by atoms with Crippen molar-refractivity contribution in [2.75, 3.05) is 12.9 Å². The van der Waals surface area contributed by atoms with Crippen molar-refractivity contribution >= 4 is 16.0 Å². The molecule has 0 spiro atoms. The average Bonchev–Trinajstić information content (AvgIpc) is 2.43. The van der Waals surface area contributed by atoms with Crippen LogP contribution in [-0.4, -0.2) is 32.9 Å². The van der Waals surface area contributed by atoms with Crippen LogP contribution in [-0.2, 0) is 19.6 Å². The first-order chi connectivity index (χ1) is 6.76. The molecule has 0 saturated heterocycles. The number of ether oxygens (including phenoxy) is 1. The van der Waals surface area contributed by atoms with Gasteiger partial charge in [0.2, 0.25) is 10.0 Å². The zero-order valence-corrected chi connectivity index (χ0v) is 9.22. The number of nitrogens with two attached hydrogens (primary N) is 1. The highest BCUT2D eigenvalue weighted by atomic mass is 32.2. The molecule has 5 nitrogen and oxygen atoms in total. The number of sulfonamides is 1. The number of hydrogen-bond donors (Lipinski definition) is 1. The van der Waals surface area contributed by atoms with Crippen LogP contribution in [0.25, 0.3) is 0 Å². The van der Waals surface area contributed by atoms with Gasteiger partial charge in [-0.2, -0.15) is 0 Å². The SMILES string of the molecule is COC(=O)[C@@H]1CC[C@](F)(CS(N)(=O)=O)C1. The molecule has 0 amide bonds. The van der Waals surface area contributed by atoms with Crippen molar-refractivity contribution in [2.45, 2.75) is 24.9 Å². The van der Waals surface area contributed by atoms with Crippen molar-refractivity contribution in [1.82, 2.24) is 0 Å². The first-order valence-electron chi connectivity index (χ1n) is 4.53. The first-order valence-corrected chi connectivity index (χ1v) is 6.24. The third kappa shape index (κ3) is 3.42. The molecular weight excluding hydrogens is 225 g/mol. The molecule has 2 atom stereocenters. The minimum atomic E-state index is -3.85. The quantitative estimate of drug-likeness (QED) is 0.700. The molecule has 0 unspecified atom stereocenters. The van der Waals surface area contributed by atoms with Gasteiger partial charge in [-0.15, -0.1) is 0 Å². The lowest BCUT2D eigenvalue weighted by Gasteiger charge is -2.17. The Balaban J connectivity index is 2.65. The summed E-state index contributed by atoms with van der Waals surface area (Å²) in [5.74, 6) is -1.78. The van der Waals surface area contributed by atoms with Crippen molar-refractivity contribution in [3.05, 3.63) is 0 Å². The van der Waals surface area contributed by atoms with Crippen LogP contribution in [0, 0.1) is 5.92 Å². The maximum absolute atomic E-state index is 13.9. The van der Waals surface area contributed by atoms with Gasteiger partial charge in [-0.1, -0.05) is 0 Å². The number of esters is 1. The minimum absolute atomic E-state index is 0.0309. The van der Waals surface area contributed by atoms with Gasteiger partial charge in [-0.05, 0) is 19.3 Å². The van der Waals surface area contributed by atoms with Crippen LogP contribution < -0.4 is 5.14 Å². The van der Waals surface area contributed by atoms with E-state index in [0.717, 1.165) is 0 Å². The maximum atomic E-state index is 13.9. The van der Waals surface area contributed by atoms with Crippen molar-refractivity contribution in [3.63, 3.8) is 0 Å². The van der Waals surface area contributed by atoms with E-state index in [9.17, 15) is 17.6 Å². The molecule has 1 aliphatic carbocycles. The highest BCUT2D eigenvalue weighted by Crippen LogP contribution is 2.38. The zero-order chi connectivity index (χ0) is 11.7. The Hall–Kier alpha value is -0.690. The standard InChI is InChI=1S/C8H14FNO4S/c1-14-7(11)6-2-3-8(9,4-6)5-15(10,12)13/h6H,2-5H2,1H3,(H2,10,12,13)/t6-,8-/m1/s1. The topological polar surface area (TPSA) is 86.5 Å². The fourth-order valence-corrected chi connectivity index (χ4v) is 2.92. The second kappa shape index (κ2) is 4.05. The molecule has 0 heterocycles. The van der Waals surface area contributed by atoms with Crippen LogP contribution in [0.1, 0.15) is 19.3 Å². The summed E-state index contributed by atoms with van der Waals surface area (Å²) in [6.45, 7) is 0. The molecule has 0 aromatic carbocycles. The number of alkyl halides is 1. The Kier molecular flexibility index (Phi) is 3.34. The highest BCUT2D eigenvalue weighted by molar-refractivity contribution is 7.89. The molecule has 1 rings (SSSR count). The molecule has 0 radical (unpaired) electrons. The fraction of sp³-hybridized carbons (Fsp3) is 0.875. The largest absolute Gasteiger partial charge is 0.469 e. The number of halogens is 1. The molecule has 0 aromatic heterocycles. The van der Waals surface area contributed by atoms with Crippen LogP contribution >= 0.6 is 0 Å². The van der Waals surface area contributed by atoms with Gasteiger partial charge in [0.15, 0.2) is 0 Å². The predicted molar refractivity (Wildman–Crippen MR) is 51.2 cm³/mol. The third-order valence-electron chi connectivity index (χ3n) is 2.55. The lowest BCUT2D eigenvalue weighted by Crippen LogP contribution is -2.34. The van der Waals surface area contributed by atoms with Gasteiger partial charge >= 0.3 is 5.97 Å². The summed E-state index contributed by atoms with van der Waals surface area (Å²) in [7, 11) is -2.63. The monoisotopic (exact) mass is 239 g/mol. The van der Waals surface area contributed by atoms with Crippen molar-refractivity contribution in [2.24, 2.45) is 11.1 Å². The third-order valence-corrected chi connectivity index (χ3v) is 3.47. The number of methoxy groups -OCH3 is 1. The van der Waals surface area contributed by atoms with E-state index in [2.05, 4.69) is 4.74 Å². The summed E-state index contributed by atoms with van der Waals surface area (Å²) in [4.78, 5) is 11.1. The van der Waals surface area contributed by atoms with Crippen LogP contribution in [0.15, 0.2) is 0 Å². The Labute approximate surface area is 87.8 Å². The second-order valence-electron chi connectivity index (χ2n) is 3.92. The van der Waals surface area contributed by atoms with E-state index in [1.165, 1.54) is 7.11 Å². The summed E-state index contributed by atoms with van der Waals surface area (Å²) in [5.41, 5.74) is -1.88. The maximum Gasteiger partial charge on any atom is 0.308 e. The lowest BCUT2D eigenvalue weighted by atomic mass is 10.0. The van der Waals surface area contributed by atoms with Crippen LogP contribution in [0.4, 0.5) is 4.39 Å². The summed E-state index contributed by atoms with van der Waals surface area (Å²) in [5, 5.41) is 4.77. The Bertz CT molecular complexity index is 356. The number of carbonyl (C=O) groups is 1. The van der Waals surface area contributed by atoms with Gasteiger partial charge in [0.1, 0.15) is 5.67 Å². The molecule has 2 N–H and O–H groups in total. The van der Waals surface area contributed by atoms with Crippen molar-refractivity contribution < 1.29 is 22.3 Å². The van der Waals surface area contributed by atoms with E-state index in [1.54, 1.807) is 0 Å². The molecule has 15 heavy (non-hydrogen) atoms. The molecule has 1 fully saturated rings. The number of hydrogen-bond acceptors (Lipinski definition) is 4. The van der Waals surface area contributed by atoms with E-state index in [4.69, 9.17) is 5.14 Å². The molecule has 88 valence electrons. The summed E-state index contributed by atoms with van der Waals surface area (Å²) < 4.78 is 39.9. The number of carbonyl (C=O) groups excluding carboxylic acids is 1. The Morgan fingerprint density at radius 2 is 2.27 bits per heavy atom. The first kappa shape index (κ1) is 12.4. The number of primary sulfonamides is 1. The molecular formula is C8H14FNO4S. The van der Waals surface area contributed by atoms with Gasteiger partial charge < -0.3 is 4.74 Å². The van der Waals surface area contributed by atoms with Crippen LogP contribution in [0.5, 0.6) is 0 Å². The molecule has 0 aromatic rings. The normalized spacial score (nSPS) is 31.5. The van der Waals surface area contributed by atoms with E-state index < -0.39 is 33.3 Å². The molecule has 1 saturated carbocycles. The summed E-state index contributed by atoms with van der Waals surface area (Å²) in [6.07, 6.45) is 0.206. The summed E-state index contributed by atoms with van der Waals surface area (Å²) >= 11 is 0. The molecule has 0 bridgehead atoms. The van der Waals surface area contributed by atoms with E-state index in [-0.39, 0.29) is 12.8 Å². The Morgan fingerprint density at radius 1 is 1.67 bits per heavy atom. The van der Waals surface area contributed by atoms with E-state index in [0.29, 0.717) is 6.42 Å². The number of rotatable bonds is 3. The van der Waals surface area contributed by atoms with Crippen LogP contribution in [0.2, 0.25) is 0 Å².